The Kier molecular flexibility index (Phi) is 2.47. The number of nitriles is 1. The second-order valence-electron chi connectivity index (χ2n) is 3.05. The molecule has 0 saturated carbocycles. The average Bonchev–Trinajstić information content (AvgIpc) is 2.06. The molecule has 1 unspecified atom stereocenters. The van der Waals surface area contributed by atoms with E-state index in [0.717, 1.165) is 5.56 Å². The van der Waals surface area contributed by atoms with Crippen LogP contribution in [0.1, 0.15) is 12.5 Å². The highest BCUT2D eigenvalue weighted by Gasteiger charge is 2.18. The van der Waals surface area contributed by atoms with Crippen LogP contribution in [0.2, 0.25) is 0 Å². The highest BCUT2D eigenvalue weighted by Crippen LogP contribution is 2.11. The van der Waals surface area contributed by atoms with Gasteiger partial charge in [-0.2, -0.15) is 5.26 Å². The molecule has 12 heavy (non-hydrogen) atoms. The molecule has 0 aliphatic heterocycles. The lowest BCUT2D eigenvalue weighted by Crippen LogP contribution is -2.24. The Balaban J connectivity index is 2.72. The van der Waals surface area contributed by atoms with Crippen molar-refractivity contribution in [1.29, 1.82) is 5.26 Å². The van der Waals surface area contributed by atoms with Crippen molar-refractivity contribution in [3.8, 4) is 6.07 Å². The zero-order valence-electron chi connectivity index (χ0n) is 6.99. The maximum absolute atomic E-state index is 9.42. The number of hydrogen-bond acceptors (Lipinski definition) is 2. The van der Waals surface area contributed by atoms with Crippen LogP contribution in [0.4, 0.5) is 0 Å². The van der Waals surface area contributed by atoms with Crippen LogP contribution in [0.25, 0.3) is 0 Å². The molecule has 0 amide bonds. The first kappa shape index (κ1) is 8.76. The first-order chi connectivity index (χ1) is 5.64. The molecular weight excluding hydrogens is 150 g/mol. The van der Waals surface area contributed by atoms with Crippen molar-refractivity contribution in [3.63, 3.8) is 0 Å². The van der Waals surface area contributed by atoms with E-state index in [-0.39, 0.29) is 0 Å². The van der Waals surface area contributed by atoms with Gasteiger partial charge in [0.05, 0.1) is 6.07 Å². The molecule has 0 spiro atoms. The van der Waals surface area contributed by atoms with Crippen molar-refractivity contribution in [2.45, 2.75) is 18.9 Å². The molecule has 0 aliphatic rings. The van der Waals surface area contributed by atoms with Gasteiger partial charge in [0.15, 0.2) is 5.60 Å². The molecule has 2 heteroatoms. The fourth-order valence-corrected chi connectivity index (χ4v) is 1.03. The molecule has 1 N–H and O–H groups in total. The predicted octanol–water partition coefficient (Wildman–Crippen LogP) is 1.50. The molecule has 1 aromatic carbocycles. The summed E-state index contributed by atoms with van der Waals surface area (Å²) in [6.45, 7) is 1.51. The Morgan fingerprint density at radius 3 is 2.50 bits per heavy atom. The van der Waals surface area contributed by atoms with Gasteiger partial charge in [-0.3, -0.25) is 0 Å². The Labute approximate surface area is 72.1 Å². The molecule has 1 rings (SSSR count). The van der Waals surface area contributed by atoms with Crippen molar-refractivity contribution in [1.82, 2.24) is 0 Å². The third-order valence-electron chi connectivity index (χ3n) is 1.63. The molecule has 62 valence electrons. The zero-order valence-corrected chi connectivity index (χ0v) is 6.99. The standard InChI is InChI=1S/C10H11NO/c1-10(12,8-11)7-9-5-3-2-4-6-9/h2-6,12H,7H2,1H3. The number of rotatable bonds is 2. The van der Waals surface area contributed by atoms with Crippen molar-refractivity contribution in [2.75, 3.05) is 0 Å². The van der Waals surface area contributed by atoms with Gasteiger partial charge >= 0.3 is 0 Å². The third-order valence-corrected chi connectivity index (χ3v) is 1.63. The Hall–Kier alpha value is -1.33. The van der Waals surface area contributed by atoms with Crippen LogP contribution in [0.5, 0.6) is 0 Å². The summed E-state index contributed by atoms with van der Waals surface area (Å²) in [6, 6.07) is 11.3. The summed E-state index contributed by atoms with van der Waals surface area (Å²) in [7, 11) is 0. The average molecular weight is 161 g/mol. The topological polar surface area (TPSA) is 44.0 Å². The number of benzene rings is 1. The first-order valence-electron chi connectivity index (χ1n) is 3.82. The normalized spacial score (nSPS) is 14.8. The van der Waals surface area contributed by atoms with E-state index in [0.29, 0.717) is 6.42 Å². The lowest BCUT2D eigenvalue weighted by molar-refractivity contribution is 0.120. The predicted molar refractivity (Wildman–Crippen MR) is 46.4 cm³/mol. The van der Waals surface area contributed by atoms with Crippen LogP contribution in [0.3, 0.4) is 0 Å². The molecule has 0 aliphatic carbocycles. The molecule has 0 aromatic heterocycles. The summed E-state index contributed by atoms with van der Waals surface area (Å²) in [4.78, 5) is 0. The number of aliphatic hydroxyl groups is 1. The molecule has 0 saturated heterocycles. The van der Waals surface area contributed by atoms with Gasteiger partial charge in [-0.1, -0.05) is 30.3 Å². The molecule has 0 heterocycles. The fourth-order valence-electron chi connectivity index (χ4n) is 1.03. The van der Waals surface area contributed by atoms with Crippen LogP contribution in [-0.2, 0) is 6.42 Å². The maximum atomic E-state index is 9.42. The summed E-state index contributed by atoms with van der Waals surface area (Å²) >= 11 is 0. The van der Waals surface area contributed by atoms with E-state index in [1.54, 1.807) is 0 Å². The van der Waals surface area contributed by atoms with Crippen molar-refractivity contribution >= 4 is 0 Å². The SMILES string of the molecule is CC(O)(C#N)Cc1ccccc1. The van der Waals surface area contributed by atoms with E-state index in [9.17, 15) is 5.11 Å². The molecule has 0 radical (unpaired) electrons. The minimum Gasteiger partial charge on any atom is -0.375 e. The van der Waals surface area contributed by atoms with Gasteiger partial charge in [0.2, 0.25) is 0 Å². The molecular formula is C10H11NO. The minimum atomic E-state index is -1.25. The summed E-state index contributed by atoms with van der Waals surface area (Å²) in [5.41, 5.74) is -0.273. The van der Waals surface area contributed by atoms with Gasteiger partial charge in [0, 0.05) is 6.42 Å². The van der Waals surface area contributed by atoms with E-state index in [2.05, 4.69) is 0 Å². The number of hydrogen-bond donors (Lipinski definition) is 1. The smallest absolute Gasteiger partial charge is 0.152 e. The zero-order chi connectivity index (χ0) is 9.03. The van der Waals surface area contributed by atoms with Crippen LogP contribution in [0.15, 0.2) is 30.3 Å². The Morgan fingerprint density at radius 2 is 2.00 bits per heavy atom. The Morgan fingerprint density at radius 1 is 1.42 bits per heavy atom. The number of nitrogens with zero attached hydrogens (tertiary/aromatic N) is 1. The van der Waals surface area contributed by atoms with E-state index >= 15 is 0 Å². The summed E-state index contributed by atoms with van der Waals surface area (Å²) in [5, 5.41) is 18.0. The van der Waals surface area contributed by atoms with Crippen LogP contribution >= 0.6 is 0 Å². The van der Waals surface area contributed by atoms with Crippen molar-refractivity contribution < 1.29 is 5.11 Å². The molecule has 1 atom stereocenters. The minimum absolute atomic E-state index is 0.379. The monoisotopic (exact) mass is 161 g/mol. The van der Waals surface area contributed by atoms with Crippen LogP contribution in [-0.4, -0.2) is 10.7 Å². The summed E-state index contributed by atoms with van der Waals surface area (Å²) in [6.07, 6.45) is 0.379. The third kappa shape index (κ3) is 2.37. The lowest BCUT2D eigenvalue weighted by Gasteiger charge is -2.13. The molecule has 1 aromatic rings. The van der Waals surface area contributed by atoms with Gasteiger partial charge in [-0.25, -0.2) is 0 Å². The lowest BCUT2D eigenvalue weighted by atomic mass is 9.98. The molecule has 2 nitrogen and oxygen atoms in total. The molecule has 0 bridgehead atoms. The van der Waals surface area contributed by atoms with E-state index in [1.807, 2.05) is 36.4 Å². The van der Waals surface area contributed by atoms with Crippen molar-refractivity contribution in [2.24, 2.45) is 0 Å². The molecule has 0 fully saturated rings. The van der Waals surface area contributed by atoms with E-state index in [4.69, 9.17) is 5.26 Å². The van der Waals surface area contributed by atoms with Gasteiger partial charge < -0.3 is 5.11 Å². The van der Waals surface area contributed by atoms with Gasteiger partial charge in [0.1, 0.15) is 0 Å². The fraction of sp³-hybridized carbons (Fsp3) is 0.300. The van der Waals surface area contributed by atoms with E-state index < -0.39 is 5.60 Å². The Bertz CT molecular complexity index is 284. The maximum Gasteiger partial charge on any atom is 0.152 e. The quantitative estimate of drug-likeness (QED) is 0.668. The van der Waals surface area contributed by atoms with Crippen LogP contribution < -0.4 is 0 Å². The highest BCUT2D eigenvalue weighted by atomic mass is 16.3. The van der Waals surface area contributed by atoms with Crippen molar-refractivity contribution in [3.05, 3.63) is 35.9 Å². The second-order valence-corrected chi connectivity index (χ2v) is 3.05. The highest BCUT2D eigenvalue weighted by molar-refractivity contribution is 5.19. The van der Waals surface area contributed by atoms with Gasteiger partial charge in [-0.15, -0.1) is 0 Å². The first-order valence-corrected chi connectivity index (χ1v) is 3.82. The summed E-state index contributed by atoms with van der Waals surface area (Å²) < 4.78 is 0. The second kappa shape index (κ2) is 3.38. The largest absolute Gasteiger partial charge is 0.375 e. The van der Waals surface area contributed by atoms with Gasteiger partial charge in [0.25, 0.3) is 0 Å². The van der Waals surface area contributed by atoms with Crippen LogP contribution in [0, 0.1) is 11.3 Å². The van der Waals surface area contributed by atoms with E-state index in [1.165, 1.54) is 6.92 Å². The van der Waals surface area contributed by atoms with Gasteiger partial charge in [-0.05, 0) is 12.5 Å². The summed E-state index contributed by atoms with van der Waals surface area (Å²) in [5.74, 6) is 0.